The molecule has 0 atom stereocenters. The van der Waals surface area contributed by atoms with Crippen molar-refractivity contribution in [2.24, 2.45) is 0 Å². The van der Waals surface area contributed by atoms with E-state index in [1.807, 2.05) is 0 Å². The normalized spacial score (nSPS) is 10.2. The monoisotopic (exact) mass is 231 g/mol. The second-order valence-corrected chi connectivity index (χ2v) is 2.81. The van der Waals surface area contributed by atoms with E-state index >= 15 is 0 Å². The fraction of sp³-hybridized carbons (Fsp3) is 0.222. The topological polar surface area (TPSA) is 69.4 Å². The highest BCUT2D eigenvalue weighted by Crippen LogP contribution is 2.25. The van der Waals surface area contributed by atoms with Gasteiger partial charge in [-0.1, -0.05) is 0 Å². The van der Waals surface area contributed by atoms with Crippen molar-refractivity contribution in [2.45, 2.75) is 6.43 Å². The fourth-order valence-electron chi connectivity index (χ4n) is 1.12. The molecule has 0 radical (unpaired) electrons. The first kappa shape index (κ1) is 12.0. The van der Waals surface area contributed by atoms with Gasteiger partial charge in [0.15, 0.2) is 0 Å². The molecule has 0 aliphatic rings. The van der Waals surface area contributed by atoms with E-state index in [9.17, 15) is 23.7 Å². The van der Waals surface area contributed by atoms with Crippen molar-refractivity contribution in [3.05, 3.63) is 33.9 Å². The number of nitrogens with zero attached hydrogens (tertiary/aromatic N) is 1. The zero-order valence-corrected chi connectivity index (χ0v) is 8.15. The first-order chi connectivity index (χ1) is 7.47. The molecule has 0 spiro atoms. The second kappa shape index (κ2) is 4.65. The maximum Gasteiger partial charge on any atom is 0.300 e. The smallest absolute Gasteiger partial charge is 0.300 e. The Kier molecular flexibility index (Phi) is 3.49. The molecule has 0 aromatic heterocycles. The van der Waals surface area contributed by atoms with Gasteiger partial charge in [0.25, 0.3) is 5.69 Å². The fourth-order valence-corrected chi connectivity index (χ4v) is 1.12. The summed E-state index contributed by atoms with van der Waals surface area (Å²) < 4.78 is 29.1. The largest absolute Gasteiger partial charge is 0.497 e. The molecule has 0 saturated heterocycles. The summed E-state index contributed by atoms with van der Waals surface area (Å²) in [5.74, 6) is -1.49. The van der Waals surface area contributed by atoms with E-state index in [1.54, 1.807) is 0 Å². The number of rotatable bonds is 4. The summed E-state index contributed by atoms with van der Waals surface area (Å²) in [6, 6.07) is 3.10. The van der Waals surface area contributed by atoms with Crippen LogP contribution >= 0.6 is 0 Å². The summed E-state index contributed by atoms with van der Waals surface area (Å²) in [6.45, 7) is 0. The number of carbonyl (C=O) groups excluding carboxylic acids is 1. The Bertz CT molecular complexity index is 434. The summed E-state index contributed by atoms with van der Waals surface area (Å²) in [7, 11) is 1.26. The number of carbonyl (C=O) groups is 1. The number of nitro groups is 1. The van der Waals surface area contributed by atoms with Crippen LogP contribution in [0.4, 0.5) is 14.5 Å². The molecule has 0 amide bonds. The molecule has 0 fully saturated rings. The zero-order chi connectivity index (χ0) is 12.3. The molecule has 0 heterocycles. The molecule has 1 aromatic carbocycles. The molecule has 16 heavy (non-hydrogen) atoms. The Morgan fingerprint density at radius 2 is 2.12 bits per heavy atom. The molecule has 0 saturated carbocycles. The standard InChI is InChI=1S/C9H7F2NO4/c1-16-5-2-3-7(12(14)15)6(4-5)8(13)9(10)11/h2-4,9H,1H3. The average molecular weight is 231 g/mol. The molecule has 1 rings (SSSR count). The van der Waals surface area contributed by atoms with Crippen molar-refractivity contribution in [1.29, 1.82) is 0 Å². The third-order valence-electron chi connectivity index (χ3n) is 1.86. The van der Waals surface area contributed by atoms with Gasteiger partial charge < -0.3 is 4.74 Å². The van der Waals surface area contributed by atoms with Crippen LogP contribution in [-0.4, -0.2) is 24.2 Å². The minimum atomic E-state index is -3.29. The van der Waals surface area contributed by atoms with Crippen molar-refractivity contribution >= 4 is 11.5 Å². The Morgan fingerprint density at radius 3 is 2.56 bits per heavy atom. The van der Waals surface area contributed by atoms with Gasteiger partial charge in [0.1, 0.15) is 11.3 Å². The van der Waals surface area contributed by atoms with Crippen LogP contribution in [0.3, 0.4) is 0 Å². The number of hydrogen-bond donors (Lipinski definition) is 0. The minimum Gasteiger partial charge on any atom is -0.497 e. The van der Waals surface area contributed by atoms with Gasteiger partial charge in [-0.05, 0) is 12.1 Å². The number of nitro benzene ring substituents is 1. The van der Waals surface area contributed by atoms with Gasteiger partial charge >= 0.3 is 6.43 Å². The molecule has 0 aliphatic heterocycles. The molecule has 7 heteroatoms. The molecule has 0 bridgehead atoms. The highest BCUT2D eigenvalue weighted by molar-refractivity contribution is 6.02. The highest BCUT2D eigenvalue weighted by Gasteiger charge is 2.27. The van der Waals surface area contributed by atoms with Crippen LogP contribution in [0.2, 0.25) is 0 Å². The lowest BCUT2D eigenvalue weighted by Crippen LogP contribution is -2.12. The van der Waals surface area contributed by atoms with Crippen molar-refractivity contribution in [2.75, 3.05) is 7.11 Å². The van der Waals surface area contributed by atoms with Crippen LogP contribution in [0.25, 0.3) is 0 Å². The van der Waals surface area contributed by atoms with Crippen LogP contribution in [-0.2, 0) is 0 Å². The lowest BCUT2D eigenvalue weighted by Gasteiger charge is -2.04. The van der Waals surface area contributed by atoms with Gasteiger partial charge in [0.05, 0.1) is 12.0 Å². The second-order valence-electron chi connectivity index (χ2n) is 2.81. The Labute approximate surface area is 88.8 Å². The van der Waals surface area contributed by atoms with E-state index in [-0.39, 0.29) is 5.75 Å². The summed E-state index contributed by atoms with van der Waals surface area (Å²) in [5.41, 5.74) is -1.31. The highest BCUT2D eigenvalue weighted by atomic mass is 19.3. The predicted molar refractivity (Wildman–Crippen MR) is 50.0 cm³/mol. The molecular formula is C9H7F2NO4. The van der Waals surface area contributed by atoms with Crippen LogP contribution in [0.15, 0.2) is 18.2 Å². The summed E-state index contributed by atoms with van der Waals surface area (Å²) in [6.07, 6.45) is -3.29. The maximum absolute atomic E-state index is 12.2. The third-order valence-corrected chi connectivity index (χ3v) is 1.86. The SMILES string of the molecule is COc1ccc([N+](=O)[O-])c(C(=O)C(F)F)c1. The van der Waals surface area contributed by atoms with Gasteiger partial charge in [-0.15, -0.1) is 0 Å². The number of alkyl halides is 2. The zero-order valence-electron chi connectivity index (χ0n) is 8.15. The third kappa shape index (κ3) is 2.30. The molecule has 0 aliphatic carbocycles. The number of ether oxygens (including phenoxy) is 1. The van der Waals surface area contributed by atoms with Gasteiger partial charge in [-0.3, -0.25) is 14.9 Å². The van der Waals surface area contributed by atoms with E-state index in [1.165, 1.54) is 13.2 Å². The van der Waals surface area contributed by atoms with Crippen LogP contribution in [0.1, 0.15) is 10.4 Å². The van der Waals surface area contributed by atoms with Crippen LogP contribution in [0.5, 0.6) is 5.75 Å². The Balaban J connectivity index is 3.31. The first-order valence-electron chi connectivity index (χ1n) is 4.12. The van der Waals surface area contributed by atoms with Gasteiger partial charge in [-0.25, -0.2) is 8.78 Å². The minimum absolute atomic E-state index is 0.106. The van der Waals surface area contributed by atoms with Crippen molar-refractivity contribution in [3.63, 3.8) is 0 Å². The van der Waals surface area contributed by atoms with Crippen LogP contribution in [0, 0.1) is 10.1 Å². The van der Waals surface area contributed by atoms with Gasteiger partial charge in [0, 0.05) is 6.07 Å². The lowest BCUT2D eigenvalue weighted by molar-refractivity contribution is -0.385. The Hall–Kier alpha value is -2.05. The van der Waals surface area contributed by atoms with Gasteiger partial charge in [-0.2, -0.15) is 0 Å². The number of halogens is 2. The van der Waals surface area contributed by atoms with Gasteiger partial charge in [0.2, 0.25) is 5.78 Å². The predicted octanol–water partition coefficient (Wildman–Crippen LogP) is 2.05. The quantitative estimate of drug-likeness (QED) is 0.451. The molecule has 0 unspecified atom stereocenters. The molecule has 0 N–H and O–H groups in total. The molecule has 86 valence electrons. The maximum atomic E-state index is 12.2. The summed E-state index contributed by atoms with van der Waals surface area (Å²) in [4.78, 5) is 20.7. The van der Waals surface area contributed by atoms with Crippen LogP contribution < -0.4 is 4.74 Å². The first-order valence-corrected chi connectivity index (χ1v) is 4.12. The number of methoxy groups -OCH3 is 1. The van der Waals surface area contributed by atoms with E-state index in [2.05, 4.69) is 0 Å². The summed E-state index contributed by atoms with van der Waals surface area (Å²) >= 11 is 0. The van der Waals surface area contributed by atoms with E-state index in [4.69, 9.17) is 4.74 Å². The van der Waals surface area contributed by atoms with E-state index in [0.717, 1.165) is 12.1 Å². The number of Topliss-reactive ketones (excluding diaryl/α,β-unsaturated/α-hetero) is 1. The Morgan fingerprint density at radius 1 is 1.50 bits per heavy atom. The number of benzene rings is 1. The van der Waals surface area contributed by atoms with Crippen molar-refractivity contribution < 1.29 is 23.2 Å². The lowest BCUT2D eigenvalue weighted by atomic mass is 10.1. The van der Waals surface area contributed by atoms with E-state index in [0.29, 0.717) is 0 Å². The number of hydrogen-bond acceptors (Lipinski definition) is 4. The van der Waals surface area contributed by atoms with E-state index < -0.39 is 28.4 Å². The molecular weight excluding hydrogens is 224 g/mol. The van der Waals surface area contributed by atoms with Crippen molar-refractivity contribution in [1.82, 2.24) is 0 Å². The number of ketones is 1. The molecule has 1 aromatic rings. The summed E-state index contributed by atoms with van der Waals surface area (Å²) in [5, 5.41) is 10.5. The van der Waals surface area contributed by atoms with Crippen molar-refractivity contribution in [3.8, 4) is 5.75 Å². The molecule has 5 nitrogen and oxygen atoms in total. The average Bonchev–Trinajstić information content (AvgIpc) is 2.26.